The van der Waals surface area contributed by atoms with Crippen molar-refractivity contribution >= 4 is 0 Å². The molecule has 0 amide bonds. The van der Waals surface area contributed by atoms with Crippen LogP contribution in [-0.4, -0.2) is 14.8 Å². The Labute approximate surface area is 214 Å². The zero-order chi connectivity index (χ0) is 25.8. The van der Waals surface area contributed by atoms with Gasteiger partial charge in [0.25, 0.3) is 0 Å². The average molecular weight is 474 g/mol. The fraction of sp³-hybridized carbons (Fsp3) is 0.562. The van der Waals surface area contributed by atoms with Crippen molar-refractivity contribution in [3.8, 4) is 17.1 Å². The molecule has 3 rings (SSSR count). The zero-order valence-electron chi connectivity index (χ0n) is 23.7. The molecule has 35 heavy (non-hydrogen) atoms. The number of aryl methyl sites for hydroxylation is 1. The Morgan fingerprint density at radius 2 is 1.46 bits per heavy atom. The second kappa shape index (κ2) is 11.1. The van der Waals surface area contributed by atoms with Gasteiger partial charge in [0.2, 0.25) is 0 Å². The molecule has 1 heterocycles. The van der Waals surface area contributed by atoms with Crippen molar-refractivity contribution in [3.63, 3.8) is 0 Å². The van der Waals surface area contributed by atoms with Gasteiger partial charge in [0.1, 0.15) is 5.82 Å². The molecular weight excluding hydrogens is 426 g/mol. The van der Waals surface area contributed by atoms with Crippen LogP contribution in [0, 0.1) is 6.92 Å². The second-order valence-corrected chi connectivity index (χ2v) is 11.7. The van der Waals surface area contributed by atoms with Crippen LogP contribution in [-0.2, 0) is 10.8 Å². The molecule has 0 atom stereocenters. The van der Waals surface area contributed by atoms with E-state index in [-0.39, 0.29) is 10.8 Å². The summed E-state index contributed by atoms with van der Waals surface area (Å²) < 4.78 is 2.40. The van der Waals surface area contributed by atoms with E-state index in [4.69, 9.17) is 10.2 Å². The summed E-state index contributed by atoms with van der Waals surface area (Å²) in [5.74, 6) is 2.57. The maximum absolute atomic E-state index is 5.00. The number of aromatic nitrogens is 3. The molecule has 0 aliphatic carbocycles. The largest absolute Gasteiger partial charge is 0.278 e. The molecular formula is C32H47N3. The minimum atomic E-state index is 0.0360. The normalized spacial score (nSPS) is 12.5. The molecule has 3 nitrogen and oxygen atoms in total. The van der Waals surface area contributed by atoms with E-state index in [1.165, 1.54) is 22.4 Å². The van der Waals surface area contributed by atoms with Crippen molar-refractivity contribution in [1.82, 2.24) is 14.8 Å². The van der Waals surface area contributed by atoms with Crippen molar-refractivity contribution in [2.45, 2.75) is 118 Å². The second-order valence-electron chi connectivity index (χ2n) is 11.7. The van der Waals surface area contributed by atoms with E-state index >= 15 is 0 Å². The van der Waals surface area contributed by atoms with Crippen molar-refractivity contribution in [2.24, 2.45) is 0 Å². The molecule has 2 aromatic carbocycles. The molecule has 0 spiro atoms. The van der Waals surface area contributed by atoms with Gasteiger partial charge in [0.05, 0.1) is 5.69 Å². The lowest BCUT2D eigenvalue weighted by Gasteiger charge is -2.33. The van der Waals surface area contributed by atoms with Crippen LogP contribution in [0.1, 0.15) is 122 Å². The van der Waals surface area contributed by atoms with Crippen LogP contribution in [0.15, 0.2) is 42.5 Å². The van der Waals surface area contributed by atoms with Crippen LogP contribution >= 0.6 is 0 Å². The highest BCUT2D eigenvalue weighted by Crippen LogP contribution is 2.41. The average Bonchev–Trinajstić information content (AvgIpc) is 3.24. The number of hydrogen-bond donors (Lipinski definition) is 0. The third-order valence-electron chi connectivity index (χ3n) is 7.44. The first kappa shape index (κ1) is 27.2. The van der Waals surface area contributed by atoms with Crippen LogP contribution in [0.4, 0.5) is 0 Å². The molecule has 0 aliphatic rings. The molecule has 1 aromatic heterocycles. The lowest BCUT2D eigenvalue weighted by atomic mass is 9.74. The van der Waals surface area contributed by atoms with E-state index in [2.05, 4.69) is 109 Å². The standard InChI is InChI=1S/C32H47N3/c1-10-18-32(19-11-2,20-12-3)30-34-33-29(26-15-13-14-25(22-26)23(4)5)35(30)28-17-16-27(21-24(28)6)31(7,8)9/h13-17,21-23H,10-12,18-20H2,1-9H3. The molecule has 0 saturated carbocycles. The Balaban J connectivity index is 2.34. The van der Waals surface area contributed by atoms with Crippen molar-refractivity contribution < 1.29 is 0 Å². The highest BCUT2D eigenvalue weighted by molar-refractivity contribution is 5.62. The van der Waals surface area contributed by atoms with Crippen LogP contribution in [0.2, 0.25) is 0 Å². The summed E-state index contributed by atoms with van der Waals surface area (Å²) in [6.45, 7) is 20.5. The summed E-state index contributed by atoms with van der Waals surface area (Å²) in [5, 5.41) is 9.90. The third-order valence-corrected chi connectivity index (χ3v) is 7.44. The highest BCUT2D eigenvalue weighted by atomic mass is 15.3. The highest BCUT2D eigenvalue weighted by Gasteiger charge is 2.36. The van der Waals surface area contributed by atoms with E-state index in [0.717, 1.165) is 55.7 Å². The summed E-state index contributed by atoms with van der Waals surface area (Å²) in [6.07, 6.45) is 6.85. The van der Waals surface area contributed by atoms with Gasteiger partial charge in [-0.2, -0.15) is 0 Å². The summed E-state index contributed by atoms with van der Waals surface area (Å²) in [7, 11) is 0. The van der Waals surface area contributed by atoms with Gasteiger partial charge in [-0.15, -0.1) is 10.2 Å². The molecule has 3 heteroatoms. The zero-order valence-corrected chi connectivity index (χ0v) is 23.7. The lowest BCUT2D eigenvalue weighted by Crippen LogP contribution is -2.30. The first-order valence-corrected chi connectivity index (χ1v) is 13.8. The molecule has 190 valence electrons. The van der Waals surface area contributed by atoms with Crippen LogP contribution in [0.3, 0.4) is 0 Å². The monoisotopic (exact) mass is 473 g/mol. The van der Waals surface area contributed by atoms with Gasteiger partial charge < -0.3 is 0 Å². The van der Waals surface area contributed by atoms with E-state index in [9.17, 15) is 0 Å². The number of benzene rings is 2. The quantitative estimate of drug-likeness (QED) is 0.294. The summed E-state index contributed by atoms with van der Waals surface area (Å²) in [6, 6.07) is 15.8. The predicted octanol–water partition coefficient (Wildman–Crippen LogP) is 9.30. The summed E-state index contributed by atoms with van der Waals surface area (Å²) >= 11 is 0. The fourth-order valence-electron chi connectivity index (χ4n) is 5.60. The van der Waals surface area contributed by atoms with Gasteiger partial charge in [-0.1, -0.05) is 105 Å². The van der Waals surface area contributed by atoms with E-state index in [1.807, 2.05) is 0 Å². The Hall–Kier alpha value is -2.42. The number of nitrogens with zero attached hydrogens (tertiary/aromatic N) is 3. The molecule has 0 saturated heterocycles. The maximum Gasteiger partial charge on any atom is 0.168 e. The molecule has 0 aliphatic heterocycles. The van der Waals surface area contributed by atoms with Crippen molar-refractivity contribution in [3.05, 3.63) is 65.0 Å². The smallest absolute Gasteiger partial charge is 0.168 e. The first-order valence-electron chi connectivity index (χ1n) is 13.8. The molecule has 0 radical (unpaired) electrons. The van der Waals surface area contributed by atoms with Gasteiger partial charge in [0, 0.05) is 11.0 Å². The number of rotatable bonds is 10. The van der Waals surface area contributed by atoms with E-state index in [0.29, 0.717) is 5.92 Å². The van der Waals surface area contributed by atoms with Gasteiger partial charge in [-0.05, 0) is 66.3 Å². The van der Waals surface area contributed by atoms with Crippen LogP contribution in [0.25, 0.3) is 17.1 Å². The molecule has 3 aromatic rings. The maximum atomic E-state index is 5.00. The molecule has 0 N–H and O–H groups in total. The Bertz CT molecular complexity index is 1100. The minimum absolute atomic E-state index is 0.0360. The molecule has 0 unspecified atom stereocenters. The Morgan fingerprint density at radius 1 is 0.829 bits per heavy atom. The van der Waals surface area contributed by atoms with Crippen LogP contribution < -0.4 is 0 Å². The third kappa shape index (κ3) is 5.71. The SMILES string of the molecule is CCCC(CCC)(CCC)c1nnc(-c2cccc(C(C)C)c2)n1-c1ccc(C(C)(C)C)cc1C. The van der Waals surface area contributed by atoms with Gasteiger partial charge in [-0.25, -0.2) is 0 Å². The first-order chi connectivity index (χ1) is 16.6. The fourth-order valence-corrected chi connectivity index (χ4v) is 5.60. The predicted molar refractivity (Wildman–Crippen MR) is 151 cm³/mol. The summed E-state index contributed by atoms with van der Waals surface area (Å²) in [4.78, 5) is 0. The molecule has 0 fully saturated rings. The topological polar surface area (TPSA) is 30.7 Å². The van der Waals surface area contributed by atoms with E-state index in [1.54, 1.807) is 0 Å². The van der Waals surface area contributed by atoms with Crippen molar-refractivity contribution in [2.75, 3.05) is 0 Å². The van der Waals surface area contributed by atoms with Gasteiger partial charge >= 0.3 is 0 Å². The lowest BCUT2D eigenvalue weighted by molar-refractivity contribution is 0.304. The Morgan fingerprint density at radius 3 is 1.97 bits per heavy atom. The van der Waals surface area contributed by atoms with E-state index < -0.39 is 0 Å². The molecule has 0 bridgehead atoms. The van der Waals surface area contributed by atoms with Crippen LogP contribution in [0.5, 0.6) is 0 Å². The number of hydrogen-bond acceptors (Lipinski definition) is 2. The summed E-state index contributed by atoms with van der Waals surface area (Å²) in [5.41, 5.74) is 6.47. The Kier molecular flexibility index (Phi) is 8.62. The van der Waals surface area contributed by atoms with Gasteiger partial charge in [-0.3, -0.25) is 4.57 Å². The van der Waals surface area contributed by atoms with Gasteiger partial charge in [0.15, 0.2) is 5.82 Å². The minimum Gasteiger partial charge on any atom is -0.278 e. The van der Waals surface area contributed by atoms with Crippen molar-refractivity contribution in [1.29, 1.82) is 0 Å².